The molecule has 1 heterocycles. The van der Waals surface area contributed by atoms with E-state index in [0.717, 1.165) is 27.1 Å². The molecule has 0 atom stereocenters. The van der Waals surface area contributed by atoms with Gasteiger partial charge in [0.2, 0.25) is 5.95 Å². The molecule has 0 aliphatic rings. The van der Waals surface area contributed by atoms with Crippen molar-refractivity contribution in [1.82, 2.24) is 9.55 Å². The molecule has 84 valence electrons. The van der Waals surface area contributed by atoms with E-state index in [1.165, 1.54) is 0 Å². The molecule has 1 N–H and O–H groups in total. The molecule has 5 heteroatoms. The second-order valence-corrected chi connectivity index (χ2v) is 5.02. The van der Waals surface area contributed by atoms with E-state index in [1.807, 2.05) is 29.0 Å². The Kier molecular flexibility index (Phi) is 3.66. The average Bonchev–Trinajstić information content (AvgIpc) is 2.70. The Bertz CT molecular complexity index is 494. The van der Waals surface area contributed by atoms with Gasteiger partial charge in [0.05, 0.1) is 5.69 Å². The highest BCUT2D eigenvalue weighted by Crippen LogP contribution is 2.27. The first-order valence-corrected chi connectivity index (χ1v) is 6.53. The van der Waals surface area contributed by atoms with Gasteiger partial charge in [-0.3, -0.25) is 4.57 Å². The van der Waals surface area contributed by atoms with Crippen molar-refractivity contribution < 1.29 is 0 Å². The van der Waals surface area contributed by atoms with Gasteiger partial charge < -0.3 is 5.32 Å². The van der Waals surface area contributed by atoms with Gasteiger partial charge in [-0.15, -0.1) is 0 Å². The lowest BCUT2D eigenvalue weighted by molar-refractivity contribution is 1.02. The molecule has 3 nitrogen and oxygen atoms in total. The Morgan fingerprint density at radius 3 is 2.94 bits per heavy atom. The summed E-state index contributed by atoms with van der Waals surface area (Å²) in [5, 5.41) is 3.22. The molecule has 0 fully saturated rings. The molecule has 1 aromatic carbocycles. The zero-order valence-corrected chi connectivity index (χ0v) is 11.9. The predicted molar refractivity (Wildman–Crippen MR) is 73.1 cm³/mol. The summed E-state index contributed by atoms with van der Waals surface area (Å²) in [6.45, 7) is 2.90. The maximum Gasteiger partial charge on any atom is 0.207 e. The van der Waals surface area contributed by atoms with Gasteiger partial charge in [-0.25, -0.2) is 4.98 Å². The minimum absolute atomic E-state index is 0.848. The van der Waals surface area contributed by atoms with Crippen LogP contribution in [0, 0.1) is 0 Å². The van der Waals surface area contributed by atoms with Crippen LogP contribution >= 0.6 is 31.9 Å². The third-order valence-corrected chi connectivity index (χ3v) is 3.31. The van der Waals surface area contributed by atoms with E-state index < -0.39 is 0 Å². The standard InChI is InChI=1S/C11H11Br2N3/c1-2-14-11-15-5-6-16(11)10-7-8(12)3-4-9(10)13/h3-7H,2H2,1H3,(H,14,15). The van der Waals surface area contributed by atoms with Crippen LogP contribution in [0.1, 0.15) is 6.92 Å². The van der Waals surface area contributed by atoms with Gasteiger partial charge in [0, 0.05) is 27.9 Å². The van der Waals surface area contributed by atoms with Gasteiger partial charge in [0.15, 0.2) is 0 Å². The van der Waals surface area contributed by atoms with Gasteiger partial charge in [0.1, 0.15) is 0 Å². The van der Waals surface area contributed by atoms with E-state index in [4.69, 9.17) is 0 Å². The molecule has 0 radical (unpaired) electrons. The van der Waals surface area contributed by atoms with Crippen molar-refractivity contribution in [2.45, 2.75) is 6.92 Å². The van der Waals surface area contributed by atoms with Crippen molar-refractivity contribution >= 4 is 37.8 Å². The summed E-state index contributed by atoms with van der Waals surface area (Å²) in [4.78, 5) is 4.27. The number of hydrogen-bond donors (Lipinski definition) is 1. The van der Waals surface area contributed by atoms with E-state index in [1.54, 1.807) is 6.20 Å². The van der Waals surface area contributed by atoms with Crippen LogP contribution < -0.4 is 5.32 Å². The number of aromatic nitrogens is 2. The summed E-state index contributed by atoms with van der Waals surface area (Å²) < 4.78 is 4.09. The second kappa shape index (κ2) is 5.01. The minimum Gasteiger partial charge on any atom is -0.356 e. The van der Waals surface area contributed by atoms with Gasteiger partial charge in [0.25, 0.3) is 0 Å². The number of rotatable bonds is 3. The maximum atomic E-state index is 4.27. The molecule has 0 aliphatic heterocycles. The summed E-state index contributed by atoms with van der Waals surface area (Å²) in [5.74, 6) is 0.848. The topological polar surface area (TPSA) is 29.9 Å². The van der Waals surface area contributed by atoms with Crippen molar-refractivity contribution in [2.24, 2.45) is 0 Å². The number of nitrogens with zero attached hydrogens (tertiary/aromatic N) is 2. The zero-order chi connectivity index (χ0) is 11.5. The lowest BCUT2D eigenvalue weighted by atomic mass is 10.3. The molecular formula is C11H11Br2N3. The molecule has 0 bridgehead atoms. The van der Waals surface area contributed by atoms with Crippen LogP contribution in [-0.4, -0.2) is 16.1 Å². The van der Waals surface area contributed by atoms with Crippen molar-refractivity contribution in [3.63, 3.8) is 0 Å². The Labute approximate surface area is 111 Å². The molecular weight excluding hydrogens is 334 g/mol. The first-order chi connectivity index (χ1) is 7.72. The number of anilines is 1. The highest BCUT2D eigenvalue weighted by molar-refractivity contribution is 9.11. The first-order valence-electron chi connectivity index (χ1n) is 4.95. The molecule has 0 amide bonds. The molecule has 0 saturated carbocycles. The summed E-state index contributed by atoms with van der Waals surface area (Å²) >= 11 is 7.01. The van der Waals surface area contributed by atoms with E-state index in [9.17, 15) is 0 Å². The van der Waals surface area contributed by atoms with E-state index >= 15 is 0 Å². The highest BCUT2D eigenvalue weighted by Gasteiger charge is 2.07. The summed E-state index contributed by atoms with van der Waals surface area (Å²) in [7, 11) is 0. The minimum atomic E-state index is 0.848. The largest absolute Gasteiger partial charge is 0.356 e. The molecule has 2 aromatic rings. The predicted octanol–water partition coefficient (Wildman–Crippen LogP) is 3.83. The summed E-state index contributed by atoms with van der Waals surface area (Å²) in [5.41, 5.74) is 1.06. The number of halogens is 2. The molecule has 1 aromatic heterocycles. The van der Waals surface area contributed by atoms with Gasteiger partial charge >= 0.3 is 0 Å². The van der Waals surface area contributed by atoms with Gasteiger partial charge in [-0.2, -0.15) is 0 Å². The third-order valence-electron chi connectivity index (χ3n) is 2.14. The van der Waals surface area contributed by atoms with Crippen molar-refractivity contribution in [3.8, 4) is 5.69 Å². The van der Waals surface area contributed by atoms with Gasteiger partial charge in [-0.05, 0) is 41.1 Å². The smallest absolute Gasteiger partial charge is 0.207 e. The van der Waals surface area contributed by atoms with E-state index in [-0.39, 0.29) is 0 Å². The zero-order valence-electron chi connectivity index (χ0n) is 8.74. The van der Waals surface area contributed by atoms with Crippen LogP contribution in [0.5, 0.6) is 0 Å². The summed E-state index contributed by atoms with van der Waals surface area (Å²) in [6.07, 6.45) is 3.72. The Balaban J connectivity index is 2.49. The molecule has 2 rings (SSSR count). The number of nitrogens with one attached hydrogen (secondary N) is 1. The fourth-order valence-corrected chi connectivity index (χ4v) is 2.24. The lowest BCUT2D eigenvalue weighted by Crippen LogP contribution is -2.05. The van der Waals surface area contributed by atoms with Crippen molar-refractivity contribution in [3.05, 3.63) is 39.5 Å². The normalized spacial score (nSPS) is 10.4. The van der Waals surface area contributed by atoms with Crippen LogP contribution in [0.3, 0.4) is 0 Å². The van der Waals surface area contributed by atoms with Crippen LogP contribution in [0.4, 0.5) is 5.95 Å². The lowest BCUT2D eigenvalue weighted by Gasteiger charge is -2.10. The Morgan fingerprint density at radius 1 is 1.38 bits per heavy atom. The van der Waals surface area contributed by atoms with Crippen molar-refractivity contribution in [2.75, 3.05) is 11.9 Å². The fraction of sp³-hybridized carbons (Fsp3) is 0.182. The fourth-order valence-electron chi connectivity index (χ4n) is 1.46. The Hall–Kier alpha value is -0.810. The van der Waals surface area contributed by atoms with Gasteiger partial charge in [-0.1, -0.05) is 15.9 Å². The Morgan fingerprint density at radius 2 is 2.19 bits per heavy atom. The maximum absolute atomic E-state index is 4.27. The second-order valence-electron chi connectivity index (χ2n) is 3.25. The first kappa shape index (κ1) is 11.7. The van der Waals surface area contributed by atoms with Crippen LogP contribution in [0.15, 0.2) is 39.5 Å². The van der Waals surface area contributed by atoms with Crippen LogP contribution in [-0.2, 0) is 0 Å². The number of benzene rings is 1. The SMILES string of the molecule is CCNc1nccn1-c1cc(Br)ccc1Br. The van der Waals surface area contributed by atoms with Crippen LogP contribution in [0.25, 0.3) is 5.69 Å². The molecule has 0 saturated heterocycles. The number of imidazole rings is 1. The van der Waals surface area contributed by atoms with E-state index in [2.05, 4.69) is 49.1 Å². The third kappa shape index (κ3) is 2.30. The average molecular weight is 345 g/mol. The molecule has 0 spiro atoms. The molecule has 0 aliphatic carbocycles. The monoisotopic (exact) mass is 343 g/mol. The number of hydrogen-bond acceptors (Lipinski definition) is 2. The summed E-state index contributed by atoms with van der Waals surface area (Å²) in [6, 6.07) is 6.05. The van der Waals surface area contributed by atoms with Crippen LogP contribution in [0.2, 0.25) is 0 Å². The molecule has 16 heavy (non-hydrogen) atoms. The quantitative estimate of drug-likeness (QED) is 0.917. The van der Waals surface area contributed by atoms with Crippen molar-refractivity contribution in [1.29, 1.82) is 0 Å². The molecule has 0 unspecified atom stereocenters. The highest BCUT2D eigenvalue weighted by atomic mass is 79.9. The van der Waals surface area contributed by atoms with E-state index in [0.29, 0.717) is 0 Å².